The van der Waals surface area contributed by atoms with Gasteiger partial charge in [-0.3, -0.25) is 24.1 Å². The van der Waals surface area contributed by atoms with Gasteiger partial charge in [0.1, 0.15) is 12.1 Å². The fourth-order valence-electron chi connectivity index (χ4n) is 3.61. The zero-order valence-electron chi connectivity index (χ0n) is 16.9. The van der Waals surface area contributed by atoms with Crippen LogP contribution < -0.4 is 10.6 Å². The molecule has 5 amide bonds. The van der Waals surface area contributed by atoms with E-state index in [1.54, 1.807) is 38.4 Å². The summed E-state index contributed by atoms with van der Waals surface area (Å²) >= 11 is 0. The molecule has 10 heteroatoms. The van der Waals surface area contributed by atoms with Crippen molar-refractivity contribution in [3.05, 3.63) is 29.8 Å². The molecule has 1 aliphatic carbocycles. The standard InChI is InChI=1S/C20H24N4O6/c1-23(2)17(27)13-5-7-14(8-6-13)21-15(25)12-30-16(26)11-24-18(28)20(22-19(24)29)9-3-4-10-20/h5-8H,3-4,9-12H2,1-2H3,(H,21,25)(H,22,29). The van der Waals surface area contributed by atoms with E-state index in [2.05, 4.69) is 10.6 Å². The topological polar surface area (TPSA) is 125 Å². The second kappa shape index (κ2) is 8.52. The molecular formula is C20H24N4O6. The summed E-state index contributed by atoms with van der Waals surface area (Å²) in [5, 5.41) is 5.22. The number of nitrogens with one attached hydrogen (secondary N) is 2. The Morgan fingerprint density at radius 2 is 1.77 bits per heavy atom. The average molecular weight is 416 g/mol. The van der Waals surface area contributed by atoms with Crippen molar-refractivity contribution in [2.75, 3.05) is 32.6 Å². The molecule has 0 radical (unpaired) electrons. The van der Waals surface area contributed by atoms with Crippen LogP contribution in [0.1, 0.15) is 36.0 Å². The molecule has 0 atom stereocenters. The molecule has 10 nitrogen and oxygen atoms in total. The van der Waals surface area contributed by atoms with Gasteiger partial charge < -0.3 is 20.3 Å². The lowest BCUT2D eigenvalue weighted by molar-refractivity contribution is -0.150. The van der Waals surface area contributed by atoms with Crippen LogP contribution in [0.15, 0.2) is 24.3 Å². The van der Waals surface area contributed by atoms with Gasteiger partial charge in [0.05, 0.1) is 0 Å². The zero-order valence-corrected chi connectivity index (χ0v) is 16.9. The number of amides is 5. The van der Waals surface area contributed by atoms with Crippen molar-refractivity contribution in [3.63, 3.8) is 0 Å². The van der Waals surface area contributed by atoms with Crippen molar-refractivity contribution in [2.24, 2.45) is 0 Å². The predicted molar refractivity (Wildman–Crippen MR) is 105 cm³/mol. The molecule has 1 spiro atoms. The first-order chi connectivity index (χ1) is 14.2. The number of carbonyl (C=O) groups excluding carboxylic acids is 5. The summed E-state index contributed by atoms with van der Waals surface area (Å²) in [5.74, 6) is -2.02. The van der Waals surface area contributed by atoms with Crippen LogP contribution in [-0.2, 0) is 19.1 Å². The third kappa shape index (κ3) is 4.42. The molecule has 30 heavy (non-hydrogen) atoms. The number of urea groups is 1. The molecule has 0 unspecified atom stereocenters. The average Bonchev–Trinajstić information content (AvgIpc) is 3.27. The fourth-order valence-corrected chi connectivity index (χ4v) is 3.61. The van der Waals surface area contributed by atoms with Crippen molar-refractivity contribution in [2.45, 2.75) is 31.2 Å². The van der Waals surface area contributed by atoms with E-state index in [-0.39, 0.29) is 5.91 Å². The van der Waals surface area contributed by atoms with E-state index < -0.39 is 42.5 Å². The van der Waals surface area contributed by atoms with Gasteiger partial charge in [-0.1, -0.05) is 12.8 Å². The highest BCUT2D eigenvalue weighted by Gasteiger charge is 2.52. The van der Waals surface area contributed by atoms with E-state index in [0.717, 1.165) is 17.7 Å². The Kier molecular flexibility index (Phi) is 6.04. The molecule has 3 rings (SSSR count). The van der Waals surface area contributed by atoms with Crippen molar-refractivity contribution >= 4 is 35.4 Å². The summed E-state index contributed by atoms with van der Waals surface area (Å²) in [6.07, 6.45) is 2.80. The van der Waals surface area contributed by atoms with Gasteiger partial charge in [0, 0.05) is 25.3 Å². The third-order valence-electron chi connectivity index (χ3n) is 5.18. The van der Waals surface area contributed by atoms with Crippen molar-refractivity contribution in [3.8, 4) is 0 Å². The number of anilines is 1. The fraction of sp³-hybridized carbons (Fsp3) is 0.450. The second-order valence-electron chi connectivity index (χ2n) is 7.60. The van der Waals surface area contributed by atoms with Crippen LogP contribution in [0, 0.1) is 0 Å². The van der Waals surface area contributed by atoms with Gasteiger partial charge in [-0.25, -0.2) is 4.79 Å². The van der Waals surface area contributed by atoms with E-state index >= 15 is 0 Å². The summed E-state index contributed by atoms with van der Waals surface area (Å²) in [7, 11) is 3.28. The Balaban J connectivity index is 1.47. The molecule has 2 aliphatic rings. The van der Waals surface area contributed by atoms with E-state index in [4.69, 9.17) is 4.74 Å². The minimum absolute atomic E-state index is 0.165. The van der Waals surface area contributed by atoms with Crippen LogP contribution in [-0.4, -0.2) is 72.3 Å². The van der Waals surface area contributed by atoms with Gasteiger partial charge in [0.25, 0.3) is 17.7 Å². The normalized spacial score (nSPS) is 17.1. The van der Waals surface area contributed by atoms with Crippen LogP contribution >= 0.6 is 0 Å². The molecule has 1 heterocycles. The molecule has 0 bridgehead atoms. The minimum Gasteiger partial charge on any atom is -0.454 e. The molecule has 2 fully saturated rings. The van der Waals surface area contributed by atoms with Crippen molar-refractivity contribution < 1.29 is 28.7 Å². The number of benzene rings is 1. The Bertz CT molecular complexity index is 874. The third-order valence-corrected chi connectivity index (χ3v) is 5.18. The highest BCUT2D eigenvalue weighted by molar-refractivity contribution is 6.09. The summed E-state index contributed by atoms with van der Waals surface area (Å²) < 4.78 is 4.89. The van der Waals surface area contributed by atoms with Crippen LogP contribution in [0.5, 0.6) is 0 Å². The smallest absolute Gasteiger partial charge is 0.326 e. The zero-order chi connectivity index (χ0) is 21.9. The quantitative estimate of drug-likeness (QED) is 0.520. The minimum atomic E-state index is -0.894. The SMILES string of the molecule is CN(C)C(=O)c1ccc(NC(=O)COC(=O)CN2C(=O)NC3(CCCC3)C2=O)cc1. The Morgan fingerprint density at radius 1 is 1.13 bits per heavy atom. The van der Waals surface area contributed by atoms with Gasteiger partial charge in [-0.15, -0.1) is 0 Å². The molecule has 0 aromatic heterocycles. The van der Waals surface area contributed by atoms with Crippen LogP contribution in [0.25, 0.3) is 0 Å². The Morgan fingerprint density at radius 3 is 2.37 bits per heavy atom. The van der Waals surface area contributed by atoms with Crippen molar-refractivity contribution in [1.29, 1.82) is 0 Å². The molecule has 1 saturated carbocycles. The van der Waals surface area contributed by atoms with Gasteiger partial charge in [-0.05, 0) is 37.1 Å². The molecule has 2 N–H and O–H groups in total. The second-order valence-corrected chi connectivity index (χ2v) is 7.60. The number of imide groups is 1. The lowest BCUT2D eigenvalue weighted by Gasteiger charge is -2.19. The number of ether oxygens (including phenoxy) is 1. The first-order valence-corrected chi connectivity index (χ1v) is 9.63. The first-order valence-electron chi connectivity index (χ1n) is 9.63. The lowest BCUT2D eigenvalue weighted by atomic mass is 9.98. The highest BCUT2D eigenvalue weighted by atomic mass is 16.5. The molecule has 1 aromatic rings. The highest BCUT2D eigenvalue weighted by Crippen LogP contribution is 2.34. The number of hydrogen-bond acceptors (Lipinski definition) is 6. The number of esters is 1. The maximum Gasteiger partial charge on any atom is 0.326 e. The first kappa shape index (κ1) is 21.3. The van der Waals surface area contributed by atoms with Crippen LogP contribution in [0.3, 0.4) is 0 Å². The summed E-state index contributed by atoms with van der Waals surface area (Å²) in [6.45, 7) is -1.10. The number of rotatable bonds is 6. The predicted octanol–water partition coefficient (Wildman–Crippen LogP) is 0.735. The van der Waals surface area contributed by atoms with Crippen molar-refractivity contribution in [1.82, 2.24) is 15.1 Å². The molecule has 160 valence electrons. The van der Waals surface area contributed by atoms with E-state index in [9.17, 15) is 24.0 Å². The van der Waals surface area contributed by atoms with Gasteiger partial charge in [0.2, 0.25) is 0 Å². The lowest BCUT2D eigenvalue weighted by Crippen LogP contribution is -2.44. The van der Waals surface area contributed by atoms with Crippen LogP contribution in [0.4, 0.5) is 10.5 Å². The molecule has 1 saturated heterocycles. The largest absolute Gasteiger partial charge is 0.454 e. The summed E-state index contributed by atoms with van der Waals surface area (Å²) in [5.41, 5.74) is 0.0103. The van der Waals surface area contributed by atoms with Gasteiger partial charge >= 0.3 is 12.0 Å². The number of carbonyl (C=O) groups is 5. The maximum atomic E-state index is 12.5. The number of hydrogen-bond donors (Lipinski definition) is 2. The molecular weight excluding hydrogens is 392 g/mol. The Hall–Kier alpha value is -3.43. The maximum absolute atomic E-state index is 12.5. The molecule has 1 aromatic carbocycles. The monoisotopic (exact) mass is 416 g/mol. The van der Waals surface area contributed by atoms with Gasteiger partial charge in [0.15, 0.2) is 6.61 Å². The van der Waals surface area contributed by atoms with E-state index in [1.807, 2.05) is 0 Å². The van der Waals surface area contributed by atoms with E-state index in [1.165, 1.54) is 4.90 Å². The van der Waals surface area contributed by atoms with E-state index in [0.29, 0.717) is 24.1 Å². The summed E-state index contributed by atoms with van der Waals surface area (Å²) in [4.78, 5) is 62.7. The van der Waals surface area contributed by atoms with Crippen LogP contribution in [0.2, 0.25) is 0 Å². The summed E-state index contributed by atoms with van der Waals surface area (Å²) in [6, 6.07) is 5.65. The Labute approximate surface area is 173 Å². The van der Waals surface area contributed by atoms with Gasteiger partial charge in [-0.2, -0.15) is 0 Å². The molecule has 1 aliphatic heterocycles. The number of nitrogens with zero attached hydrogens (tertiary/aromatic N) is 2.